The topological polar surface area (TPSA) is 284 Å². The second kappa shape index (κ2) is 27.9. The minimum atomic E-state index is -0.423. The van der Waals surface area contributed by atoms with E-state index in [0.717, 1.165) is 50.7 Å². The van der Waals surface area contributed by atoms with Gasteiger partial charge in [0.2, 0.25) is 11.8 Å². The van der Waals surface area contributed by atoms with E-state index in [1.54, 1.807) is 0 Å². The Morgan fingerprint density at radius 1 is 0.718 bits per heavy atom. The van der Waals surface area contributed by atoms with E-state index in [1.165, 1.54) is 0 Å². The molecule has 2 saturated heterocycles. The maximum absolute atomic E-state index is 13.4. The van der Waals surface area contributed by atoms with Crippen LogP contribution >= 0.6 is 11.8 Å². The molecule has 6 fully saturated rings. The fraction of sp³-hybridized carbons (Fsp3) is 0.882. The maximum Gasteiger partial charge on any atom is 0.315 e. The van der Waals surface area contributed by atoms with Crippen LogP contribution in [0.1, 0.15) is 124 Å². The van der Waals surface area contributed by atoms with Crippen LogP contribution in [0.4, 0.5) is 4.79 Å². The van der Waals surface area contributed by atoms with Gasteiger partial charge >= 0.3 is 23.9 Å². The number of ether oxygens (including phenoxy) is 6. The van der Waals surface area contributed by atoms with E-state index < -0.39 is 5.41 Å². The van der Waals surface area contributed by atoms with Gasteiger partial charge in [0, 0.05) is 67.9 Å². The average molecular weight is 1020 g/mol. The molecule has 14 atom stereocenters. The summed E-state index contributed by atoms with van der Waals surface area (Å²) in [5, 5.41) is 12.3. The summed E-state index contributed by atoms with van der Waals surface area (Å²) in [6, 6.07) is 0.343. The Morgan fingerprint density at radius 2 is 1.34 bits per heavy atom. The number of hydrogen-bond donors (Lipinski definition) is 7. The van der Waals surface area contributed by atoms with Crippen LogP contribution < -0.4 is 38.5 Å². The lowest BCUT2D eigenvalue weighted by atomic mass is 9.43. The van der Waals surface area contributed by atoms with Gasteiger partial charge in [-0.2, -0.15) is 11.8 Å². The summed E-state index contributed by atoms with van der Waals surface area (Å²) in [5.41, 5.74) is 16.7. The highest BCUT2D eigenvalue weighted by Gasteiger charge is 2.68. The van der Waals surface area contributed by atoms with E-state index in [4.69, 9.17) is 45.6 Å². The Hall–Kier alpha value is -3.27. The van der Waals surface area contributed by atoms with Gasteiger partial charge < -0.3 is 66.9 Å². The van der Waals surface area contributed by atoms with Crippen molar-refractivity contribution in [2.24, 2.45) is 63.5 Å². The van der Waals surface area contributed by atoms with Crippen molar-refractivity contribution in [2.75, 3.05) is 78.1 Å². The molecule has 4 aliphatic carbocycles. The summed E-state index contributed by atoms with van der Waals surface area (Å²) in [6.07, 6.45) is 9.10. The van der Waals surface area contributed by atoms with Gasteiger partial charge in [0.1, 0.15) is 18.3 Å². The Bertz CT molecular complexity index is 1770. The molecule has 71 heavy (non-hydrogen) atoms. The smallest absolute Gasteiger partial charge is 0.315 e. The second-order valence-corrected chi connectivity index (χ2v) is 22.7. The number of thioether (sulfide) groups is 1. The van der Waals surface area contributed by atoms with Crippen molar-refractivity contribution in [1.29, 1.82) is 0 Å². The number of rotatable bonds is 30. The number of nitrogens with two attached hydrogens (primary N) is 3. The van der Waals surface area contributed by atoms with Gasteiger partial charge in [-0.05, 0) is 99.2 Å². The molecular formula is C51H87N7O12S. The van der Waals surface area contributed by atoms with Gasteiger partial charge in [-0.15, -0.1) is 0 Å². The molecule has 0 bridgehead atoms. The molecular weight excluding hydrogens is 935 g/mol. The normalized spacial score (nSPS) is 33.0. The predicted octanol–water partition coefficient (Wildman–Crippen LogP) is 3.07. The molecule has 2 unspecified atom stereocenters. The van der Waals surface area contributed by atoms with Crippen molar-refractivity contribution in [3.8, 4) is 0 Å². The number of amides is 4. The van der Waals surface area contributed by atoms with Crippen LogP contribution in [0.15, 0.2) is 0 Å². The van der Waals surface area contributed by atoms with Crippen LogP contribution in [0.3, 0.4) is 0 Å². The fourth-order valence-corrected chi connectivity index (χ4v) is 15.1. The number of unbranched alkanes of at least 4 members (excludes halogenated alkanes) is 1. The van der Waals surface area contributed by atoms with Gasteiger partial charge in [-0.25, -0.2) is 4.79 Å². The van der Waals surface area contributed by atoms with Crippen LogP contribution in [0.2, 0.25) is 0 Å². The maximum atomic E-state index is 13.4. The van der Waals surface area contributed by atoms with Gasteiger partial charge in [0.15, 0.2) is 0 Å². The average Bonchev–Trinajstić information content (AvgIpc) is 4.01. The third-order valence-electron chi connectivity index (χ3n) is 17.1. The minimum Gasteiger partial charge on any atom is -0.462 e. The van der Waals surface area contributed by atoms with Crippen LogP contribution in [0.25, 0.3) is 0 Å². The van der Waals surface area contributed by atoms with E-state index in [0.29, 0.717) is 96.5 Å². The zero-order chi connectivity index (χ0) is 51.0. The van der Waals surface area contributed by atoms with Crippen LogP contribution in [-0.2, 0) is 52.4 Å². The second-order valence-electron chi connectivity index (χ2n) is 21.4. The summed E-state index contributed by atoms with van der Waals surface area (Å²) in [4.78, 5) is 76.0. The van der Waals surface area contributed by atoms with Crippen molar-refractivity contribution < 1.29 is 57.2 Å². The zero-order valence-corrected chi connectivity index (χ0v) is 43.6. The molecule has 0 aromatic rings. The first kappa shape index (κ1) is 57.0. The first-order valence-electron chi connectivity index (χ1n) is 26.9. The fourth-order valence-electron chi connectivity index (χ4n) is 13.6. The number of urea groups is 1. The lowest BCUT2D eigenvalue weighted by Crippen LogP contribution is -2.63. The quantitative estimate of drug-likeness (QED) is 0.0236. The molecule has 404 valence electrons. The number of carbonyl (C=O) groups excluding carboxylic acids is 6. The molecule has 4 saturated carbocycles. The van der Waals surface area contributed by atoms with Crippen molar-refractivity contribution >= 4 is 47.5 Å². The molecule has 2 aliphatic heterocycles. The molecule has 20 heteroatoms. The summed E-state index contributed by atoms with van der Waals surface area (Å²) < 4.78 is 35.7. The standard InChI is InChI=1S/C51H87N7O12S/c1-32(8-11-43(60)56-21-23-66-25-27-67-26-24-65-22-20-55-42(59)7-5-4-6-40-48-38(31-71-40)57-49(64)58-48)35-9-10-36-47-37(30-41(51(35,36)3)70-46(63)15-19-54)50(2)16-12-34(68-44(61)13-17-52)28-33(50)29-39(47)69-45(62)14-18-53/h32-41,47-48H,4-31,52-54H2,1-3H3,(H,55,59)(H,56,60)(H2,57,58,64)/t32-,33+,34-,35-,36+,37+,38?,39-,40+,41+,47+,48?,50+,51-/m1/s1. The highest BCUT2D eigenvalue weighted by atomic mass is 32.2. The lowest BCUT2D eigenvalue weighted by molar-refractivity contribution is -0.225. The number of esters is 3. The molecule has 6 aliphatic rings. The Balaban J connectivity index is 0.885. The number of hydrogen-bond acceptors (Lipinski definition) is 16. The van der Waals surface area contributed by atoms with Gasteiger partial charge in [-0.1, -0.05) is 27.2 Å². The van der Waals surface area contributed by atoms with E-state index in [9.17, 15) is 28.8 Å². The lowest BCUT2D eigenvalue weighted by Gasteiger charge is -2.64. The summed E-state index contributed by atoms with van der Waals surface area (Å²) in [5.74, 6) is 0.720. The summed E-state index contributed by atoms with van der Waals surface area (Å²) in [6.45, 7) is 10.6. The monoisotopic (exact) mass is 1020 g/mol. The first-order chi connectivity index (χ1) is 34.2. The van der Waals surface area contributed by atoms with Crippen LogP contribution in [-0.4, -0.2) is 150 Å². The molecule has 2 heterocycles. The van der Waals surface area contributed by atoms with Crippen LogP contribution in [0, 0.1) is 46.3 Å². The minimum absolute atomic E-state index is 0.0164. The van der Waals surface area contributed by atoms with Gasteiger partial charge in [0.05, 0.1) is 71.0 Å². The van der Waals surface area contributed by atoms with Crippen molar-refractivity contribution in [3.63, 3.8) is 0 Å². The van der Waals surface area contributed by atoms with E-state index in [-0.39, 0.29) is 146 Å². The van der Waals surface area contributed by atoms with E-state index in [2.05, 4.69) is 42.0 Å². The predicted molar refractivity (Wildman–Crippen MR) is 267 cm³/mol. The number of nitrogens with one attached hydrogen (secondary N) is 4. The molecule has 0 radical (unpaired) electrons. The Kier molecular flexibility index (Phi) is 22.4. The third-order valence-corrected chi connectivity index (χ3v) is 18.6. The summed E-state index contributed by atoms with van der Waals surface area (Å²) >= 11 is 1.89. The van der Waals surface area contributed by atoms with Crippen LogP contribution in [0.5, 0.6) is 0 Å². The molecule has 0 aromatic heterocycles. The highest BCUT2D eigenvalue weighted by molar-refractivity contribution is 8.00. The molecule has 19 nitrogen and oxygen atoms in total. The third kappa shape index (κ3) is 15.2. The Morgan fingerprint density at radius 3 is 2.00 bits per heavy atom. The van der Waals surface area contributed by atoms with Gasteiger partial charge in [0.25, 0.3) is 0 Å². The van der Waals surface area contributed by atoms with E-state index >= 15 is 0 Å². The largest absolute Gasteiger partial charge is 0.462 e. The molecule has 0 aromatic carbocycles. The first-order valence-corrected chi connectivity index (χ1v) is 27.9. The molecule has 0 spiro atoms. The van der Waals surface area contributed by atoms with E-state index in [1.807, 2.05) is 11.8 Å². The number of carbonyl (C=O) groups is 6. The number of fused-ring (bicyclic) bond motifs is 6. The van der Waals surface area contributed by atoms with Crippen molar-refractivity contribution in [1.82, 2.24) is 21.3 Å². The van der Waals surface area contributed by atoms with Crippen molar-refractivity contribution in [2.45, 2.75) is 159 Å². The Labute approximate surface area is 425 Å². The molecule has 10 N–H and O–H groups in total. The van der Waals surface area contributed by atoms with Gasteiger partial charge in [-0.3, -0.25) is 24.0 Å². The van der Waals surface area contributed by atoms with Crippen molar-refractivity contribution in [3.05, 3.63) is 0 Å². The highest BCUT2D eigenvalue weighted by Crippen LogP contribution is 2.69. The summed E-state index contributed by atoms with van der Waals surface area (Å²) in [7, 11) is 0. The SMILES string of the molecule is C[C@H](CCC(=O)NCCOCCOCCOCCNC(=O)CCCC[C@@H]1SCC2NC(=O)NC21)[C@H]1CC[C@H]2[C@@H]3[C@H](OC(=O)CCN)C[C@@H]4C[C@H](OC(=O)CCN)CC[C@]4(C)[C@H]3C[C@H](OC(=O)CCN)[C@]12C. The molecule has 6 rings (SSSR count). The molecule has 4 amide bonds. The zero-order valence-electron chi connectivity index (χ0n) is 42.8.